The molecule has 4 aliphatic rings. The second-order valence-electron chi connectivity index (χ2n) is 24.4. The number of ether oxygens (including phenoxy) is 4. The molecular weight excluding hydrogens is 1170 g/mol. The fourth-order valence-corrected chi connectivity index (χ4v) is 11.5. The van der Waals surface area contributed by atoms with Gasteiger partial charge >= 0.3 is 11.9 Å². The first kappa shape index (κ1) is 77.2. The molecule has 2 amide bonds. The van der Waals surface area contributed by atoms with Crippen LogP contribution in [0.4, 0.5) is 0 Å². The third-order valence-corrected chi connectivity index (χ3v) is 16.9. The van der Waals surface area contributed by atoms with Crippen LogP contribution >= 0.6 is 0 Å². The Morgan fingerprint density at radius 1 is 0.700 bits per heavy atom. The minimum absolute atomic E-state index is 0.0157. The summed E-state index contributed by atoms with van der Waals surface area (Å²) in [5.74, 6) is -7.30. The zero-order valence-electron chi connectivity index (χ0n) is 52.7. The number of aliphatic imine (C=N–C) groups is 1. The number of hydrogen-bond donors (Lipinski definition) is 15. The summed E-state index contributed by atoms with van der Waals surface area (Å²) in [7, 11) is 0. The van der Waals surface area contributed by atoms with Crippen LogP contribution in [-0.4, -0.2) is 238 Å². The number of nitrogens with two attached hydrogens (primary N) is 3. The number of aliphatic carboxylic acids is 1. The van der Waals surface area contributed by atoms with E-state index in [0.717, 1.165) is 0 Å². The number of amides is 2. The topological polar surface area (TPSA) is 437 Å². The van der Waals surface area contributed by atoms with E-state index in [1.54, 1.807) is 98.6 Å². The summed E-state index contributed by atoms with van der Waals surface area (Å²) >= 11 is 0. The molecule has 0 spiro atoms. The smallest absolute Gasteiger partial charge is 0.311 e. The van der Waals surface area contributed by atoms with Crippen LogP contribution in [-0.2, 0) is 38.1 Å². The van der Waals surface area contributed by atoms with Crippen LogP contribution in [0.1, 0.15) is 124 Å². The molecule has 0 aromatic carbocycles. The lowest BCUT2D eigenvalue weighted by Gasteiger charge is -2.49. The second kappa shape index (κ2) is 40.0. The highest BCUT2D eigenvalue weighted by molar-refractivity contribution is 5.81. The van der Waals surface area contributed by atoms with Crippen molar-refractivity contribution in [1.29, 1.82) is 0 Å². The molecule has 1 unspecified atom stereocenters. The Hall–Kier alpha value is -5.27. The van der Waals surface area contributed by atoms with Crippen molar-refractivity contribution in [3.05, 3.63) is 85.1 Å². The number of fused-ring (bicyclic) bond motifs is 2. The quantitative estimate of drug-likeness (QED) is 0.0429. The maximum atomic E-state index is 13.3. The second-order valence-corrected chi connectivity index (χ2v) is 24.4. The maximum Gasteiger partial charge on any atom is 0.311 e. The van der Waals surface area contributed by atoms with Crippen LogP contribution in [0.2, 0.25) is 0 Å². The van der Waals surface area contributed by atoms with Gasteiger partial charge in [0.25, 0.3) is 0 Å². The molecule has 90 heavy (non-hydrogen) atoms. The summed E-state index contributed by atoms with van der Waals surface area (Å²) in [4.78, 5) is 58.9. The molecule has 3 saturated heterocycles. The number of nitrogens with one attached hydrogen (secondary N) is 1. The number of carbonyl (C=O) groups excluding carboxylic acids is 3. The molecule has 3 fully saturated rings. The fraction of sp³-hybridized carbons (Fsp3) is 0.703. The van der Waals surface area contributed by atoms with Gasteiger partial charge in [-0.3, -0.25) is 29.1 Å². The summed E-state index contributed by atoms with van der Waals surface area (Å²) < 4.78 is 24.1. The number of aliphatic hydroxyl groups excluding tert-OH is 9. The maximum absolute atomic E-state index is 13.3. The van der Waals surface area contributed by atoms with Gasteiger partial charge in [-0.05, 0) is 65.2 Å². The minimum atomic E-state index is -2.38. The highest BCUT2D eigenvalue weighted by atomic mass is 16.7. The third-order valence-electron chi connectivity index (χ3n) is 16.9. The van der Waals surface area contributed by atoms with Crippen molar-refractivity contribution in [3.8, 4) is 0 Å². The largest absolute Gasteiger partial charge is 0.481 e. The Kier molecular flexibility index (Phi) is 34.3. The number of guanidine groups is 1. The number of esters is 1. The van der Waals surface area contributed by atoms with Crippen molar-refractivity contribution >= 4 is 29.7 Å². The zero-order chi connectivity index (χ0) is 66.5. The van der Waals surface area contributed by atoms with Crippen molar-refractivity contribution in [1.82, 2.24) is 15.1 Å². The molecule has 2 bridgehead atoms. The number of carboxylic acid groups (broad SMARTS) is 1. The van der Waals surface area contributed by atoms with E-state index in [1.807, 2.05) is 24.0 Å². The van der Waals surface area contributed by atoms with Crippen LogP contribution in [0.15, 0.2) is 90.1 Å². The van der Waals surface area contributed by atoms with Gasteiger partial charge < -0.3 is 103 Å². The molecule has 0 aromatic rings. The molecule has 4 heterocycles. The van der Waals surface area contributed by atoms with Crippen LogP contribution in [0, 0.1) is 17.8 Å². The van der Waals surface area contributed by atoms with Gasteiger partial charge in [0.05, 0.1) is 85.6 Å². The van der Waals surface area contributed by atoms with Gasteiger partial charge in [0.15, 0.2) is 18.0 Å². The van der Waals surface area contributed by atoms with E-state index in [0.29, 0.717) is 77.8 Å². The lowest BCUT2D eigenvalue weighted by atomic mass is 9.82. The molecule has 4 rings (SSSR count). The summed E-state index contributed by atoms with van der Waals surface area (Å²) in [6, 6.07) is -1.59. The average molecular weight is 1280 g/mol. The molecule has 26 heteroatoms. The number of unbranched alkanes of at least 4 members (excludes halogenated alkanes) is 3. The predicted octanol–water partition coefficient (Wildman–Crippen LogP) is 0.345. The summed E-state index contributed by atoms with van der Waals surface area (Å²) in [6.45, 7) is 8.89. The molecule has 0 radical (unpaired) electrons. The molecule has 18 N–H and O–H groups in total. The van der Waals surface area contributed by atoms with Gasteiger partial charge in [0, 0.05) is 83.2 Å². The third kappa shape index (κ3) is 27.1. The zero-order valence-corrected chi connectivity index (χ0v) is 52.7. The van der Waals surface area contributed by atoms with Crippen LogP contribution in [0.3, 0.4) is 0 Å². The van der Waals surface area contributed by atoms with E-state index in [9.17, 15) is 75.3 Å². The van der Waals surface area contributed by atoms with E-state index in [4.69, 9.17) is 36.1 Å². The highest BCUT2D eigenvalue weighted by Crippen LogP contribution is 2.39. The fourth-order valence-electron chi connectivity index (χ4n) is 11.5. The van der Waals surface area contributed by atoms with Gasteiger partial charge in [-0.1, -0.05) is 105 Å². The van der Waals surface area contributed by atoms with Crippen molar-refractivity contribution in [2.45, 2.75) is 228 Å². The number of aliphatic hydroxyl groups is 10. The Labute approximate surface area is 529 Å². The summed E-state index contributed by atoms with van der Waals surface area (Å²) in [5.41, 5.74) is 16.7. The van der Waals surface area contributed by atoms with Crippen molar-refractivity contribution in [2.75, 3.05) is 39.3 Å². The minimum Gasteiger partial charge on any atom is -0.481 e. The molecule has 0 saturated carbocycles. The number of piperazine rings is 1. The number of rotatable bonds is 16. The van der Waals surface area contributed by atoms with Crippen molar-refractivity contribution in [2.24, 2.45) is 39.9 Å². The predicted molar refractivity (Wildman–Crippen MR) is 335 cm³/mol. The Morgan fingerprint density at radius 3 is 1.94 bits per heavy atom. The van der Waals surface area contributed by atoms with Gasteiger partial charge in [0.2, 0.25) is 11.8 Å². The number of hydrogen-bond acceptors (Lipinski definition) is 21. The standard InChI is InChI=1S/C64H105N7O19/c1-40-22-16-13-11-9-7-5-6-8-10-12-14-17-23-47(89-62-59(82)56(58(81)43(4)88-62)71-32-30-70(31-33-71)53(78)25-18-15-20-28-68-60(83)48(65)24-19-21-29-69-63(66)67)37-52-55(61(84)85)51(77)39-64(86,90-52)38-46(74)35-50(76)49(75)27-26-44(72)34-45(73)36-54(79)87-42(3)41(2)57(40)80/h5-14,16-17,22-23,40-52,55-59,62,72-77,80-82,86H,15,18-21,24-39,65H2,1-4H3,(H,68,83)(H,84,85)(H4,66,67,69)/b6-5+,9-7+,10-8+,13-11+,14-12+,22-16+,23-17+/t40-,41-,42-,43+,44+,45+,46-,47-,48?,49+,50+,51-,52-,55+,56-,57+,58+,59-,62-,64+/m0/s1. The summed E-state index contributed by atoms with van der Waals surface area (Å²) in [6.07, 6.45) is 6.98. The Morgan fingerprint density at radius 2 is 1.32 bits per heavy atom. The van der Waals surface area contributed by atoms with Crippen molar-refractivity contribution in [3.63, 3.8) is 0 Å². The lowest BCUT2D eigenvalue weighted by molar-refractivity contribution is -0.312. The van der Waals surface area contributed by atoms with Gasteiger partial charge in [-0.15, -0.1) is 0 Å². The monoisotopic (exact) mass is 1280 g/mol. The van der Waals surface area contributed by atoms with Gasteiger partial charge in [-0.25, -0.2) is 0 Å². The SMILES string of the molecule is C[C@@H]1[C@H](O)[C@@H](C)/C=C/C=C/C=C/C=C/C=C/C=C/C=C/[C@H](O[C@@H]2O[C@H](C)[C@@H](O)[C@H](N3CCN(C(=O)CCCCCNC(=O)C(N)CCCCN=C(N)N)CC3)[C@@H]2O)C[C@@H]2O[C@](O)(C[C@@H](O)C[C@@H](O)[C@H](O)CC[C@@H](O)C[C@@H](O)CC(=O)O[C@H]1C)C[C@H](O)[C@H]2C(=O)O. The first-order valence-electron chi connectivity index (χ1n) is 31.7. The van der Waals surface area contributed by atoms with E-state index >= 15 is 0 Å². The average Bonchev–Trinajstić information content (AvgIpc) is 0.854. The normalized spacial score (nSPS) is 37.6. The first-order valence-corrected chi connectivity index (χ1v) is 31.7. The number of nitrogens with zero attached hydrogens (tertiary/aromatic N) is 3. The molecule has 0 aliphatic carbocycles. The van der Waals surface area contributed by atoms with Crippen LogP contribution < -0.4 is 22.5 Å². The van der Waals surface area contributed by atoms with Gasteiger partial charge in [-0.2, -0.15) is 0 Å². The molecule has 4 aliphatic heterocycles. The first-order chi connectivity index (χ1) is 42.7. The Bertz CT molecular complexity index is 2420. The molecular formula is C64H105N7O19. The van der Waals surface area contributed by atoms with Crippen molar-refractivity contribution < 1.29 is 94.3 Å². The highest BCUT2D eigenvalue weighted by Gasteiger charge is 2.52. The number of carbonyl (C=O) groups is 4. The number of carboxylic acids is 1. The summed E-state index contributed by atoms with van der Waals surface area (Å²) in [5, 5.41) is 125. The molecule has 20 atom stereocenters. The van der Waals surface area contributed by atoms with E-state index in [2.05, 4.69) is 10.3 Å². The van der Waals surface area contributed by atoms with Crippen LogP contribution in [0.5, 0.6) is 0 Å². The molecule has 0 aromatic heterocycles. The van der Waals surface area contributed by atoms with E-state index < -0.39 is 153 Å². The number of allylic oxidation sites excluding steroid dienone is 12. The molecule has 510 valence electrons. The van der Waals surface area contributed by atoms with E-state index in [-0.39, 0.29) is 55.8 Å². The lowest BCUT2D eigenvalue weighted by Crippen LogP contribution is -2.66. The molecule has 26 nitrogen and oxygen atoms in total. The number of cyclic esters (lactones) is 1. The van der Waals surface area contributed by atoms with E-state index in [1.165, 1.54) is 0 Å². The Balaban J connectivity index is 1.48. The van der Waals surface area contributed by atoms with Gasteiger partial charge in [0.1, 0.15) is 18.1 Å². The van der Waals surface area contributed by atoms with Crippen LogP contribution in [0.25, 0.3) is 0 Å².